The van der Waals surface area contributed by atoms with Gasteiger partial charge in [-0.05, 0) is 36.2 Å². The van der Waals surface area contributed by atoms with Gasteiger partial charge in [0.25, 0.3) is 0 Å². The van der Waals surface area contributed by atoms with Gasteiger partial charge in [0.15, 0.2) is 5.78 Å². The second-order valence-electron chi connectivity index (χ2n) is 6.38. The molecule has 132 valence electrons. The molecule has 0 aliphatic carbocycles. The molecule has 0 radical (unpaired) electrons. The van der Waals surface area contributed by atoms with Gasteiger partial charge < -0.3 is 5.32 Å². The molecule has 1 fully saturated rings. The topological polar surface area (TPSA) is 32.3 Å². The molecule has 5 heteroatoms. The van der Waals surface area contributed by atoms with Gasteiger partial charge in [0, 0.05) is 38.6 Å². The summed E-state index contributed by atoms with van der Waals surface area (Å²) in [6.07, 6.45) is 1.09. The van der Waals surface area contributed by atoms with Crippen LogP contribution in [-0.4, -0.2) is 42.9 Å². The fourth-order valence-electron chi connectivity index (χ4n) is 3.26. The minimum Gasteiger partial charge on any atom is -0.314 e. The Morgan fingerprint density at radius 1 is 1.12 bits per heavy atom. The van der Waals surface area contributed by atoms with Gasteiger partial charge in [-0.15, -0.1) is 0 Å². The van der Waals surface area contributed by atoms with Crippen molar-refractivity contribution < 1.29 is 13.6 Å². The van der Waals surface area contributed by atoms with E-state index in [9.17, 15) is 13.6 Å². The third-order valence-corrected chi connectivity index (χ3v) is 4.66. The van der Waals surface area contributed by atoms with E-state index in [1.807, 2.05) is 0 Å². The summed E-state index contributed by atoms with van der Waals surface area (Å²) < 4.78 is 26.8. The number of piperazine rings is 1. The molecule has 1 N–H and O–H groups in total. The van der Waals surface area contributed by atoms with E-state index in [0.717, 1.165) is 31.6 Å². The Morgan fingerprint density at radius 2 is 1.88 bits per heavy atom. The molecular weight excluding hydrogens is 322 g/mol. The first-order valence-corrected chi connectivity index (χ1v) is 8.60. The number of benzene rings is 2. The molecule has 1 atom stereocenters. The molecule has 1 aliphatic rings. The van der Waals surface area contributed by atoms with Crippen LogP contribution in [0.5, 0.6) is 0 Å². The minimum atomic E-state index is -0.462. The van der Waals surface area contributed by atoms with Crippen LogP contribution in [0.1, 0.15) is 22.3 Å². The summed E-state index contributed by atoms with van der Waals surface area (Å²) >= 11 is 0. The minimum absolute atomic E-state index is 0.160. The number of nitrogens with one attached hydrogen (secondary N) is 1. The second-order valence-corrected chi connectivity index (χ2v) is 6.38. The number of carbonyl (C=O) groups excluding carboxylic acids is 1. The molecule has 2 aromatic carbocycles. The SMILES string of the molecule is O=C(CCN1CCNCC1Cc1ccc(F)cc1)c1ccccc1F. The average Bonchev–Trinajstić information content (AvgIpc) is 2.63. The highest BCUT2D eigenvalue weighted by Gasteiger charge is 2.23. The second kappa shape index (κ2) is 8.32. The first-order chi connectivity index (χ1) is 12.1. The number of hydrogen-bond donors (Lipinski definition) is 1. The molecule has 0 bridgehead atoms. The van der Waals surface area contributed by atoms with Gasteiger partial charge in [0.2, 0.25) is 0 Å². The molecule has 1 aliphatic heterocycles. The largest absolute Gasteiger partial charge is 0.314 e. The number of rotatable bonds is 6. The van der Waals surface area contributed by atoms with Crippen molar-refractivity contribution in [3.63, 3.8) is 0 Å². The van der Waals surface area contributed by atoms with Crippen LogP contribution in [0, 0.1) is 11.6 Å². The van der Waals surface area contributed by atoms with Crippen molar-refractivity contribution in [2.45, 2.75) is 18.9 Å². The number of Topliss-reactive ketones (excluding diaryl/α,β-unsaturated/α-hetero) is 1. The number of carbonyl (C=O) groups is 1. The van der Waals surface area contributed by atoms with Gasteiger partial charge >= 0.3 is 0 Å². The zero-order chi connectivity index (χ0) is 17.6. The van der Waals surface area contributed by atoms with Crippen LogP contribution in [0.4, 0.5) is 8.78 Å². The van der Waals surface area contributed by atoms with E-state index in [2.05, 4.69) is 10.2 Å². The number of halogens is 2. The van der Waals surface area contributed by atoms with Crippen molar-refractivity contribution >= 4 is 5.78 Å². The maximum atomic E-state index is 13.7. The van der Waals surface area contributed by atoms with E-state index >= 15 is 0 Å². The fourth-order valence-corrected chi connectivity index (χ4v) is 3.26. The predicted molar refractivity (Wildman–Crippen MR) is 93.7 cm³/mol. The van der Waals surface area contributed by atoms with Crippen molar-refractivity contribution in [1.82, 2.24) is 10.2 Å². The molecule has 0 aromatic heterocycles. The summed E-state index contributed by atoms with van der Waals surface area (Å²) in [5.74, 6) is -0.870. The van der Waals surface area contributed by atoms with Crippen molar-refractivity contribution in [2.75, 3.05) is 26.2 Å². The normalized spacial score (nSPS) is 18.2. The highest BCUT2D eigenvalue weighted by molar-refractivity contribution is 5.96. The summed E-state index contributed by atoms with van der Waals surface area (Å²) in [5.41, 5.74) is 1.23. The molecule has 1 heterocycles. The molecule has 0 amide bonds. The van der Waals surface area contributed by atoms with Crippen molar-refractivity contribution in [3.8, 4) is 0 Å². The van der Waals surface area contributed by atoms with E-state index in [1.165, 1.54) is 24.3 Å². The lowest BCUT2D eigenvalue weighted by atomic mass is 10.0. The maximum Gasteiger partial charge on any atom is 0.167 e. The van der Waals surface area contributed by atoms with Crippen LogP contribution < -0.4 is 5.32 Å². The zero-order valence-electron chi connectivity index (χ0n) is 14.1. The van der Waals surface area contributed by atoms with Gasteiger partial charge in [-0.1, -0.05) is 24.3 Å². The van der Waals surface area contributed by atoms with Crippen molar-refractivity contribution in [1.29, 1.82) is 0 Å². The van der Waals surface area contributed by atoms with Crippen LogP contribution in [0.3, 0.4) is 0 Å². The molecular formula is C20H22F2N2O. The van der Waals surface area contributed by atoms with Gasteiger partial charge in [-0.2, -0.15) is 0 Å². The van der Waals surface area contributed by atoms with E-state index in [-0.39, 0.29) is 23.2 Å². The Kier molecular flexibility index (Phi) is 5.89. The van der Waals surface area contributed by atoms with Crippen molar-refractivity contribution in [2.24, 2.45) is 0 Å². The Bertz CT molecular complexity index is 718. The average molecular weight is 344 g/mol. The Balaban J connectivity index is 1.60. The number of nitrogens with zero attached hydrogens (tertiary/aromatic N) is 1. The smallest absolute Gasteiger partial charge is 0.167 e. The number of ketones is 1. The molecule has 1 saturated heterocycles. The third kappa shape index (κ3) is 4.71. The Labute approximate surface area is 146 Å². The van der Waals surface area contributed by atoms with Gasteiger partial charge in [0.05, 0.1) is 5.56 Å². The predicted octanol–water partition coefficient (Wildman–Crippen LogP) is 3.05. The molecule has 3 rings (SSSR count). The van der Waals surface area contributed by atoms with Crippen LogP contribution in [0.25, 0.3) is 0 Å². The van der Waals surface area contributed by atoms with E-state index in [4.69, 9.17) is 0 Å². The monoisotopic (exact) mass is 344 g/mol. The van der Waals surface area contributed by atoms with Crippen LogP contribution in [0.15, 0.2) is 48.5 Å². The van der Waals surface area contributed by atoms with E-state index in [0.29, 0.717) is 13.0 Å². The lowest BCUT2D eigenvalue weighted by Gasteiger charge is -2.36. The van der Waals surface area contributed by atoms with Gasteiger partial charge in [0.1, 0.15) is 11.6 Å². The molecule has 25 heavy (non-hydrogen) atoms. The number of hydrogen-bond acceptors (Lipinski definition) is 3. The zero-order valence-corrected chi connectivity index (χ0v) is 14.1. The molecule has 2 aromatic rings. The standard InChI is InChI=1S/C20H22F2N2O/c21-16-7-5-15(6-8-16)13-17-14-23-10-12-24(17)11-9-20(25)18-3-1-2-4-19(18)22/h1-8,17,23H,9-14H2. The quantitative estimate of drug-likeness (QED) is 0.818. The summed E-state index contributed by atoms with van der Waals surface area (Å²) in [6, 6.07) is 12.9. The van der Waals surface area contributed by atoms with E-state index in [1.54, 1.807) is 24.3 Å². The molecule has 3 nitrogen and oxygen atoms in total. The molecule has 1 unspecified atom stereocenters. The summed E-state index contributed by atoms with van der Waals surface area (Å²) in [5, 5.41) is 3.36. The van der Waals surface area contributed by atoms with Crippen LogP contribution >= 0.6 is 0 Å². The van der Waals surface area contributed by atoms with Crippen molar-refractivity contribution in [3.05, 3.63) is 71.3 Å². The first kappa shape index (κ1) is 17.7. The molecule has 0 saturated carbocycles. The van der Waals surface area contributed by atoms with E-state index < -0.39 is 5.82 Å². The lowest BCUT2D eigenvalue weighted by Crippen LogP contribution is -2.52. The van der Waals surface area contributed by atoms with Gasteiger partial charge in [-0.3, -0.25) is 9.69 Å². The summed E-state index contributed by atoms with van der Waals surface area (Å²) in [6.45, 7) is 3.14. The van der Waals surface area contributed by atoms with Crippen LogP contribution in [0.2, 0.25) is 0 Å². The summed E-state index contributed by atoms with van der Waals surface area (Å²) in [7, 11) is 0. The maximum absolute atomic E-state index is 13.7. The highest BCUT2D eigenvalue weighted by atomic mass is 19.1. The fraction of sp³-hybridized carbons (Fsp3) is 0.350. The Morgan fingerprint density at radius 3 is 2.64 bits per heavy atom. The summed E-state index contributed by atoms with van der Waals surface area (Å²) in [4.78, 5) is 14.5. The third-order valence-electron chi connectivity index (χ3n) is 4.66. The highest BCUT2D eigenvalue weighted by Crippen LogP contribution is 2.14. The first-order valence-electron chi connectivity index (χ1n) is 8.60. The van der Waals surface area contributed by atoms with Gasteiger partial charge in [-0.25, -0.2) is 8.78 Å². The lowest BCUT2D eigenvalue weighted by molar-refractivity contribution is 0.0931. The Hall–Kier alpha value is -2.11. The van der Waals surface area contributed by atoms with Crippen LogP contribution in [-0.2, 0) is 6.42 Å². The molecule has 0 spiro atoms.